The van der Waals surface area contributed by atoms with Crippen LogP contribution in [0.2, 0.25) is 0 Å². The predicted molar refractivity (Wildman–Crippen MR) is 97.9 cm³/mol. The van der Waals surface area contributed by atoms with Crippen LogP contribution < -0.4 is 0 Å². The molecule has 3 rings (SSSR count). The van der Waals surface area contributed by atoms with E-state index < -0.39 is 5.97 Å². The number of halogens is 1. The minimum absolute atomic E-state index is 0.342. The van der Waals surface area contributed by atoms with Gasteiger partial charge in [-0.1, -0.05) is 46.3 Å². The number of para-hydroxylation sites is 1. The summed E-state index contributed by atoms with van der Waals surface area (Å²) in [5.74, 6) is -1.27. The Labute approximate surface area is 152 Å². The van der Waals surface area contributed by atoms with Crippen molar-refractivity contribution < 1.29 is 9.90 Å². The number of aromatic nitrogens is 2. The summed E-state index contributed by atoms with van der Waals surface area (Å²) in [6.07, 6.45) is 3.05. The fraction of sp³-hybridized carbons (Fsp3) is 0. The van der Waals surface area contributed by atoms with Crippen LogP contribution in [0.4, 0.5) is 0 Å². The number of benzene rings is 2. The molecule has 0 fully saturated rings. The van der Waals surface area contributed by atoms with Gasteiger partial charge in [0.1, 0.15) is 11.6 Å². The molecule has 0 saturated heterocycles. The van der Waals surface area contributed by atoms with Crippen molar-refractivity contribution in [2.24, 2.45) is 0 Å². The Morgan fingerprint density at radius 1 is 1.16 bits per heavy atom. The van der Waals surface area contributed by atoms with E-state index in [0.29, 0.717) is 11.3 Å². The highest BCUT2D eigenvalue weighted by molar-refractivity contribution is 9.10. The molecule has 0 amide bonds. The summed E-state index contributed by atoms with van der Waals surface area (Å²) in [6, 6.07) is 18.7. The maximum Gasteiger partial charge on any atom is 0.346 e. The summed E-state index contributed by atoms with van der Waals surface area (Å²) in [5, 5.41) is 22.8. The molecule has 6 heteroatoms. The minimum atomic E-state index is -1.27. The van der Waals surface area contributed by atoms with Crippen LogP contribution in [0, 0.1) is 11.3 Å². The standard InChI is InChI=1S/C19H12BrN3O2/c20-16-8-6-13(7-9-16)18-15(10-14(11-21)19(24)25)12-23(22-18)17-4-2-1-3-5-17/h1-10,12H,(H,24,25)/b14-10-. The zero-order chi connectivity index (χ0) is 17.8. The Balaban J connectivity index is 2.18. The van der Waals surface area contributed by atoms with Gasteiger partial charge in [0.15, 0.2) is 0 Å². The van der Waals surface area contributed by atoms with E-state index in [-0.39, 0.29) is 5.57 Å². The first-order chi connectivity index (χ1) is 12.1. The van der Waals surface area contributed by atoms with E-state index >= 15 is 0 Å². The van der Waals surface area contributed by atoms with Gasteiger partial charge in [0.2, 0.25) is 0 Å². The first-order valence-corrected chi connectivity index (χ1v) is 8.14. The van der Waals surface area contributed by atoms with Gasteiger partial charge in [0.25, 0.3) is 0 Å². The van der Waals surface area contributed by atoms with Crippen molar-refractivity contribution in [2.45, 2.75) is 0 Å². The number of nitrogens with zero attached hydrogens (tertiary/aromatic N) is 3. The number of nitriles is 1. The molecule has 1 N–H and O–H groups in total. The second-order valence-corrected chi connectivity index (χ2v) is 6.11. The highest BCUT2D eigenvalue weighted by atomic mass is 79.9. The zero-order valence-corrected chi connectivity index (χ0v) is 14.5. The lowest BCUT2D eigenvalue weighted by atomic mass is 10.1. The number of carboxylic acids is 1. The monoisotopic (exact) mass is 393 g/mol. The van der Waals surface area contributed by atoms with E-state index in [4.69, 9.17) is 10.4 Å². The van der Waals surface area contributed by atoms with Crippen LogP contribution in [0.15, 0.2) is 70.8 Å². The van der Waals surface area contributed by atoms with Crippen molar-refractivity contribution in [1.82, 2.24) is 9.78 Å². The van der Waals surface area contributed by atoms with Crippen LogP contribution >= 0.6 is 15.9 Å². The van der Waals surface area contributed by atoms with E-state index in [0.717, 1.165) is 15.7 Å². The normalized spacial score (nSPS) is 11.1. The Morgan fingerprint density at radius 3 is 2.44 bits per heavy atom. The molecule has 0 radical (unpaired) electrons. The lowest BCUT2D eigenvalue weighted by molar-refractivity contribution is -0.132. The van der Waals surface area contributed by atoms with Gasteiger partial charge in [-0.2, -0.15) is 10.4 Å². The Morgan fingerprint density at radius 2 is 1.84 bits per heavy atom. The smallest absolute Gasteiger partial charge is 0.346 e. The second kappa shape index (κ2) is 7.16. The Bertz CT molecular complexity index is 984. The molecule has 122 valence electrons. The average Bonchev–Trinajstić information content (AvgIpc) is 3.04. The topological polar surface area (TPSA) is 78.9 Å². The van der Waals surface area contributed by atoms with Crippen LogP contribution in [0.3, 0.4) is 0 Å². The lowest BCUT2D eigenvalue weighted by Gasteiger charge is -2.01. The highest BCUT2D eigenvalue weighted by Crippen LogP contribution is 2.27. The van der Waals surface area contributed by atoms with Gasteiger partial charge in [0, 0.05) is 21.8 Å². The molecule has 0 spiro atoms. The molecule has 0 aliphatic heterocycles. The van der Waals surface area contributed by atoms with E-state index in [9.17, 15) is 4.79 Å². The summed E-state index contributed by atoms with van der Waals surface area (Å²) in [4.78, 5) is 11.2. The Hall–Kier alpha value is -3.17. The van der Waals surface area contributed by atoms with Gasteiger partial charge < -0.3 is 5.11 Å². The number of hydrogen-bond acceptors (Lipinski definition) is 3. The average molecular weight is 394 g/mol. The maximum absolute atomic E-state index is 11.2. The molecule has 0 saturated carbocycles. The van der Waals surface area contributed by atoms with Crippen molar-refractivity contribution in [3.8, 4) is 23.0 Å². The summed E-state index contributed by atoms with van der Waals surface area (Å²) in [6.45, 7) is 0. The molecule has 1 heterocycles. The summed E-state index contributed by atoms with van der Waals surface area (Å²) in [7, 11) is 0. The molecule has 0 unspecified atom stereocenters. The van der Waals surface area contributed by atoms with Gasteiger partial charge in [-0.3, -0.25) is 0 Å². The maximum atomic E-state index is 11.2. The molecule has 0 bridgehead atoms. The predicted octanol–water partition coefficient (Wildman–Crippen LogP) is 4.29. The molecule has 0 atom stereocenters. The molecular weight excluding hydrogens is 382 g/mol. The third-order valence-electron chi connectivity index (χ3n) is 3.53. The first kappa shape index (κ1) is 16.7. The molecule has 0 aliphatic carbocycles. The fourth-order valence-electron chi connectivity index (χ4n) is 2.34. The summed E-state index contributed by atoms with van der Waals surface area (Å²) in [5.41, 5.74) is 2.49. The molecule has 2 aromatic carbocycles. The van der Waals surface area contributed by atoms with Crippen LogP contribution in [0.1, 0.15) is 5.56 Å². The second-order valence-electron chi connectivity index (χ2n) is 5.20. The molecule has 25 heavy (non-hydrogen) atoms. The van der Waals surface area contributed by atoms with E-state index in [2.05, 4.69) is 21.0 Å². The molecule has 3 aromatic rings. The molecule has 5 nitrogen and oxygen atoms in total. The fourth-order valence-corrected chi connectivity index (χ4v) is 2.60. The van der Waals surface area contributed by atoms with Crippen molar-refractivity contribution in [1.29, 1.82) is 5.26 Å². The zero-order valence-electron chi connectivity index (χ0n) is 12.9. The van der Waals surface area contributed by atoms with E-state index in [1.165, 1.54) is 6.08 Å². The van der Waals surface area contributed by atoms with Gasteiger partial charge in [-0.15, -0.1) is 0 Å². The third-order valence-corrected chi connectivity index (χ3v) is 4.06. The van der Waals surface area contributed by atoms with Crippen LogP contribution in [-0.2, 0) is 4.79 Å². The lowest BCUT2D eigenvalue weighted by Crippen LogP contribution is -1.97. The van der Waals surface area contributed by atoms with Gasteiger partial charge in [-0.05, 0) is 30.3 Å². The largest absolute Gasteiger partial charge is 0.477 e. The first-order valence-electron chi connectivity index (χ1n) is 7.34. The van der Waals surface area contributed by atoms with Crippen molar-refractivity contribution in [3.63, 3.8) is 0 Å². The summed E-state index contributed by atoms with van der Waals surface area (Å²) < 4.78 is 2.60. The number of rotatable bonds is 4. The quantitative estimate of drug-likeness (QED) is 0.529. The Kier molecular flexibility index (Phi) is 4.78. The van der Waals surface area contributed by atoms with Gasteiger partial charge in [0.05, 0.1) is 11.4 Å². The number of carbonyl (C=O) groups is 1. The number of carboxylic acid groups (broad SMARTS) is 1. The van der Waals surface area contributed by atoms with Gasteiger partial charge >= 0.3 is 5.97 Å². The number of hydrogen-bond donors (Lipinski definition) is 1. The minimum Gasteiger partial charge on any atom is -0.477 e. The van der Waals surface area contributed by atoms with Crippen molar-refractivity contribution in [3.05, 3.63) is 76.4 Å². The van der Waals surface area contributed by atoms with Crippen molar-refractivity contribution >= 4 is 28.0 Å². The highest BCUT2D eigenvalue weighted by Gasteiger charge is 2.14. The van der Waals surface area contributed by atoms with E-state index in [1.54, 1.807) is 16.9 Å². The third kappa shape index (κ3) is 3.67. The van der Waals surface area contributed by atoms with Crippen molar-refractivity contribution in [2.75, 3.05) is 0 Å². The number of aliphatic carboxylic acids is 1. The van der Waals surface area contributed by atoms with Crippen LogP contribution in [0.5, 0.6) is 0 Å². The van der Waals surface area contributed by atoms with Crippen LogP contribution in [-0.4, -0.2) is 20.9 Å². The molecule has 0 aliphatic rings. The molecule has 1 aromatic heterocycles. The van der Waals surface area contributed by atoms with E-state index in [1.807, 2.05) is 54.6 Å². The molecular formula is C19H12BrN3O2. The SMILES string of the molecule is N#C/C(=C/c1cn(-c2ccccc2)nc1-c1ccc(Br)cc1)C(=O)O. The summed E-state index contributed by atoms with van der Waals surface area (Å²) >= 11 is 3.39. The van der Waals surface area contributed by atoms with Gasteiger partial charge in [-0.25, -0.2) is 9.48 Å². The van der Waals surface area contributed by atoms with Crippen LogP contribution in [0.25, 0.3) is 23.0 Å².